The summed E-state index contributed by atoms with van der Waals surface area (Å²) in [6, 6.07) is 7.50. The van der Waals surface area contributed by atoms with Gasteiger partial charge in [0.25, 0.3) is 6.04 Å². The lowest BCUT2D eigenvalue weighted by Gasteiger charge is -2.29. The Bertz CT molecular complexity index is 569. The van der Waals surface area contributed by atoms with E-state index in [0.29, 0.717) is 11.1 Å². The smallest absolute Gasteiger partial charge is 0.256 e. The SMILES string of the molecule is N#Cc1ccc(C2(N)C=CC=CC2[N+](=O)[O-])cc1. The molecule has 0 spiro atoms. The fourth-order valence-corrected chi connectivity index (χ4v) is 1.99. The van der Waals surface area contributed by atoms with Crippen molar-refractivity contribution in [3.05, 3.63) is 69.8 Å². The van der Waals surface area contributed by atoms with Gasteiger partial charge in [0.05, 0.1) is 11.6 Å². The first-order chi connectivity index (χ1) is 8.58. The van der Waals surface area contributed by atoms with Crippen LogP contribution in [0.5, 0.6) is 0 Å². The van der Waals surface area contributed by atoms with Gasteiger partial charge in [-0.25, -0.2) is 0 Å². The molecule has 5 nitrogen and oxygen atoms in total. The first-order valence-electron chi connectivity index (χ1n) is 5.37. The van der Waals surface area contributed by atoms with E-state index in [1.165, 1.54) is 6.08 Å². The van der Waals surface area contributed by atoms with Crippen molar-refractivity contribution in [1.82, 2.24) is 0 Å². The molecule has 18 heavy (non-hydrogen) atoms. The molecule has 2 unspecified atom stereocenters. The van der Waals surface area contributed by atoms with Crippen molar-refractivity contribution < 1.29 is 4.92 Å². The van der Waals surface area contributed by atoms with Gasteiger partial charge in [-0.05, 0) is 23.8 Å². The summed E-state index contributed by atoms with van der Waals surface area (Å²) in [6.45, 7) is 0. The summed E-state index contributed by atoms with van der Waals surface area (Å²) >= 11 is 0. The monoisotopic (exact) mass is 241 g/mol. The topological polar surface area (TPSA) is 93.0 Å². The number of nitro groups is 1. The Morgan fingerprint density at radius 2 is 2.00 bits per heavy atom. The fourth-order valence-electron chi connectivity index (χ4n) is 1.99. The van der Waals surface area contributed by atoms with Gasteiger partial charge in [0.15, 0.2) is 0 Å². The highest BCUT2D eigenvalue weighted by Crippen LogP contribution is 2.29. The number of rotatable bonds is 2. The zero-order valence-electron chi connectivity index (χ0n) is 9.48. The molecular weight excluding hydrogens is 230 g/mol. The van der Waals surface area contributed by atoms with Crippen molar-refractivity contribution in [3.63, 3.8) is 0 Å². The zero-order valence-corrected chi connectivity index (χ0v) is 9.48. The molecule has 0 aliphatic heterocycles. The van der Waals surface area contributed by atoms with E-state index in [1.807, 2.05) is 6.07 Å². The number of nitriles is 1. The summed E-state index contributed by atoms with van der Waals surface area (Å²) in [5.74, 6) is 0. The summed E-state index contributed by atoms with van der Waals surface area (Å²) in [4.78, 5) is 10.6. The van der Waals surface area contributed by atoms with E-state index in [2.05, 4.69) is 0 Å². The predicted molar refractivity (Wildman–Crippen MR) is 66.1 cm³/mol. The van der Waals surface area contributed by atoms with Gasteiger partial charge in [-0.1, -0.05) is 30.4 Å². The van der Waals surface area contributed by atoms with Crippen LogP contribution in [0.25, 0.3) is 0 Å². The van der Waals surface area contributed by atoms with Gasteiger partial charge in [-0.15, -0.1) is 0 Å². The van der Waals surface area contributed by atoms with Crippen LogP contribution in [-0.4, -0.2) is 11.0 Å². The molecule has 1 aliphatic carbocycles. The predicted octanol–water partition coefficient (Wildman–Crippen LogP) is 1.48. The molecular formula is C13H11N3O2. The first kappa shape index (κ1) is 12.0. The van der Waals surface area contributed by atoms with E-state index in [-0.39, 0.29) is 0 Å². The van der Waals surface area contributed by atoms with Gasteiger partial charge in [0, 0.05) is 4.92 Å². The van der Waals surface area contributed by atoms with Crippen molar-refractivity contribution in [1.29, 1.82) is 5.26 Å². The van der Waals surface area contributed by atoms with Crippen LogP contribution in [0.1, 0.15) is 11.1 Å². The third-order valence-electron chi connectivity index (χ3n) is 3.01. The fraction of sp³-hybridized carbons (Fsp3) is 0.154. The molecule has 0 heterocycles. The summed E-state index contributed by atoms with van der Waals surface area (Å²) in [5, 5.41) is 19.8. The molecule has 1 aromatic rings. The first-order valence-corrected chi connectivity index (χ1v) is 5.37. The molecule has 5 heteroatoms. The maximum Gasteiger partial charge on any atom is 0.256 e. The number of nitrogens with two attached hydrogens (primary N) is 1. The lowest BCUT2D eigenvalue weighted by atomic mass is 9.81. The van der Waals surface area contributed by atoms with Crippen LogP contribution in [0.15, 0.2) is 48.6 Å². The molecule has 2 N–H and O–H groups in total. The van der Waals surface area contributed by atoms with Crippen LogP contribution in [0, 0.1) is 21.4 Å². The van der Waals surface area contributed by atoms with E-state index < -0.39 is 16.5 Å². The van der Waals surface area contributed by atoms with Crippen molar-refractivity contribution in [2.24, 2.45) is 5.73 Å². The van der Waals surface area contributed by atoms with E-state index >= 15 is 0 Å². The van der Waals surface area contributed by atoms with Crippen LogP contribution in [0.2, 0.25) is 0 Å². The molecule has 90 valence electrons. The maximum absolute atomic E-state index is 11.1. The van der Waals surface area contributed by atoms with Gasteiger partial charge in [-0.2, -0.15) is 5.26 Å². The number of hydrogen-bond donors (Lipinski definition) is 1. The minimum Gasteiger partial charge on any atom is -0.312 e. The van der Waals surface area contributed by atoms with Crippen molar-refractivity contribution in [2.75, 3.05) is 0 Å². The second-order valence-corrected chi connectivity index (χ2v) is 4.10. The molecule has 0 amide bonds. The Morgan fingerprint density at radius 1 is 1.33 bits per heavy atom. The van der Waals surface area contributed by atoms with Gasteiger partial charge in [0.2, 0.25) is 0 Å². The van der Waals surface area contributed by atoms with E-state index in [0.717, 1.165) is 0 Å². The molecule has 0 radical (unpaired) electrons. The van der Waals surface area contributed by atoms with Crippen molar-refractivity contribution >= 4 is 0 Å². The highest BCUT2D eigenvalue weighted by molar-refractivity contribution is 5.40. The third kappa shape index (κ3) is 1.90. The third-order valence-corrected chi connectivity index (χ3v) is 3.01. The molecule has 2 rings (SSSR count). The average Bonchev–Trinajstić information content (AvgIpc) is 2.39. The van der Waals surface area contributed by atoms with E-state index in [4.69, 9.17) is 11.0 Å². The average molecular weight is 241 g/mol. The Morgan fingerprint density at radius 3 is 2.56 bits per heavy atom. The molecule has 0 bridgehead atoms. The Balaban J connectivity index is 2.45. The van der Waals surface area contributed by atoms with Crippen LogP contribution in [0.3, 0.4) is 0 Å². The van der Waals surface area contributed by atoms with Crippen molar-refractivity contribution in [3.8, 4) is 6.07 Å². The van der Waals surface area contributed by atoms with E-state index in [9.17, 15) is 10.1 Å². The largest absolute Gasteiger partial charge is 0.312 e. The van der Waals surface area contributed by atoms with Gasteiger partial charge in [0.1, 0.15) is 5.54 Å². The summed E-state index contributed by atoms with van der Waals surface area (Å²) in [7, 11) is 0. The summed E-state index contributed by atoms with van der Waals surface area (Å²) in [5.41, 5.74) is 6.09. The Kier molecular flexibility index (Phi) is 2.96. The minimum atomic E-state index is -1.17. The molecule has 0 saturated carbocycles. The van der Waals surface area contributed by atoms with Crippen LogP contribution < -0.4 is 5.73 Å². The van der Waals surface area contributed by atoms with Gasteiger partial charge < -0.3 is 5.73 Å². The van der Waals surface area contributed by atoms with Gasteiger partial charge in [-0.3, -0.25) is 10.1 Å². The molecule has 2 atom stereocenters. The van der Waals surface area contributed by atoms with E-state index in [1.54, 1.807) is 42.5 Å². The summed E-state index contributed by atoms with van der Waals surface area (Å²) in [6.07, 6.45) is 6.39. The molecule has 0 saturated heterocycles. The number of nitrogens with zero attached hydrogens (tertiary/aromatic N) is 2. The summed E-state index contributed by atoms with van der Waals surface area (Å²) < 4.78 is 0. The second-order valence-electron chi connectivity index (χ2n) is 4.10. The number of benzene rings is 1. The van der Waals surface area contributed by atoms with Gasteiger partial charge >= 0.3 is 0 Å². The highest BCUT2D eigenvalue weighted by atomic mass is 16.6. The molecule has 0 aromatic heterocycles. The van der Waals surface area contributed by atoms with Crippen LogP contribution in [0.4, 0.5) is 0 Å². The molecule has 0 fully saturated rings. The zero-order chi connectivity index (χ0) is 13.2. The molecule has 1 aliphatic rings. The van der Waals surface area contributed by atoms with Crippen LogP contribution in [-0.2, 0) is 5.54 Å². The maximum atomic E-state index is 11.1. The minimum absolute atomic E-state index is 0.405. The Hall–Kier alpha value is -2.45. The lowest BCUT2D eigenvalue weighted by molar-refractivity contribution is -0.519. The number of allylic oxidation sites excluding steroid dienone is 2. The molecule has 1 aromatic carbocycles. The second kappa shape index (κ2) is 4.43. The van der Waals surface area contributed by atoms with Crippen LogP contribution >= 0.6 is 0 Å². The van der Waals surface area contributed by atoms with Crippen molar-refractivity contribution in [2.45, 2.75) is 11.6 Å². The quantitative estimate of drug-likeness (QED) is 0.627. The highest BCUT2D eigenvalue weighted by Gasteiger charge is 2.42. The normalized spacial score (nSPS) is 25.7. The lowest BCUT2D eigenvalue weighted by Crippen LogP contribution is -2.50. The standard InChI is InChI=1S/C13H11N3O2/c14-9-10-4-6-11(7-5-10)13(15)8-2-1-3-12(13)16(17)18/h1-8,12H,15H2. The Labute approximate surface area is 104 Å². The number of hydrogen-bond acceptors (Lipinski definition) is 4.